The van der Waals surface area contributed by atoms with Gasteiger partial charge in [0.05, 0.1) is 11.7 Å². The quantitative estimate of drug-likeness (QED) is 0.831. The molecule has 0 aliphatic heterocycles. The number of carbonyl (C=O) groups is 1. The van der Waals surface area contributed by atoms with Crippen LogP contribution in [0.3, 0.4) is 0 Å². The van der Waals surface area contributed by atoms with E-state index in [4.69, 9.17) is 4.74 Å². The first-order valence-corrected chi connectivity index (χ1v) is 6.43. The van der Waals surface area contributed by atoms with Crippen molar-refractivity contribution >= 4 is 5.91 Å². The second kappa shape index (κ2) is 4.94. The molecule has 1 aromatic rings. The number of rotatable bonds is 5. The molecule has 6 heteroatoms. The average Bonchev–Trinajstić information content (AvgIpc) is 2.89. The Balaban J connectivity index is 1.91. The fraction of sp³-hybridized carbons (Fsp3) is 0.692. The topological polar surface area (TPSA) is 84.6 Å². The van der Waals surface area contributed by atoms with Crippen LogP contribution in [0.25, 0.3) is 0 Å². The summed E-state index contributed by atoms with van der Waals surface area (Å²) in [6.45, 7) is 6.61. The lowest BCUT2D eigenvalue weighted by Gasteiger charge is -2.57. The Labute approximate surface area is 112 Å². The number of amides is 1. The van der Waals surface area contributed by atoms with Gasteiger partial charge in [0, 0.05) is 31.1 Å². The molecule has 1 fully saturated rings. The number of carbonyl (C=O) groups excluding carboxylic acids is 1. The summed E-state index contributed by atoms with van der Waals surface area (Å²) < 4.78 is 10.2. The van der Waals surface area contributed by atoms with E-state index in [2.05, 4.69) is 15.0 Å². The van der Waals surface area contributed by atoms with E-state index >= 15 is 0 Å². The second-order valence-corrected chi connectivity index (χ2v) is 5.47. The molecule has 2 N–H and O–H groups in total. The summed E-state index contributed by atoms with van der Waals surface area (Å²) in [4.78, 5) is 11.7. The third kappa shape index (κ3) is 2.37. The molecule has 0 bridgehead atoms. The maximum absolute atomic E-state index is 11.7. The smallest absolute Gasteiger partial charge is 0.273 e. The summed E-state index contributed by atoms with van der Waals surface area (Å²) in [5, 5.41) is 16.8. The highest BCUT2D eigenvalue weighted by atomic mass is 16.5. The van der Waals surface area contributed by atoms with Crippen molar-refractivity contribution in [3.05, 3.63) is 18.0 Å². The summed E-state index contributed by atoms with van der Waals surface area (Å²) in [5.74, 6) is -0.349. The SMILES string of the molecule is CCO[C@@H]1C[C@@](O)(CNC(=O)c2ccon2)C1(C)C. The highest BCUT2D eigenvalue weighted by Crippen LogP contribution is 2.50. The fourth-order valence-corrected chi connectivity index (χ4v) is 2.41. The normalized spacial score (nSPS) is 28.7. The third-order valence-electron chi connectivity index (χ3n) is 4.11. The van der Waals surface area contributed by atoms with Crippen LogP contribution in [0.5, 0.6) is 0 Å². The van der Waals surface area contributed by atoms with E-state index in [1.54, 1.807) is 0 Å². The van der Waals surface area contributed by atoms with E-state index in [1.165, 1.54) is 12.3 Å². The van der Waals surface area contributed by atoms with Gasteiger partial charge in [-0.2, -0.15) is 0 Å². The number of aromatic nitrogens is 1. The Morgan fingerprint density at radius 3 is 2.95 bits per heavy atom. The Bertz CT molecular complexity index is 444. The molecule has 0 unspecified atom stereocenters. The van der Waals surface area contributed by atoms with Crippen LogP contribution in [0.2, 0.25) is 0 Å². The van der Waals surface area contributed by atoms with Crippen molar-refractivity contribution in [3.63, 3.8) is 0 Å². The largest absolute Gasteiger partial charge is 0.387 e. The van der Waals surface area contributed by atoms with Gasteiger partial charge < -0.3 is 19.7 Å². The molecule has 0 radical (unpaired) electrons. The minimum Gasteiger partial charge on any atom is -0.387 e. The highest BCUT2D eigenvalue weighted by Gasteiger charge is 2.59. The van der Waals surface area contributed by atoms with E-state index in [-0.39, 0.29) is 29.7 Å². The van der Waals surface area contributed by atoms with Crippen molar-refractivity contribution in [3.8, 4) is 0 Å². The van der Waals surface area contributed by atoms with E-state index in [1.807, 2.05) is 20.8 Å². The minimum absolute atomic E-state index is 0.0199. The van der Waals surface area contributed by atoms with Crippen LogP contribution in [0, 0.1) is 5.41 Å². The van der Waals surface area contributed by atoms with Gasteiger partial charge in [0.15, 0.2) is 5.69 Å². The number of ether oxygens (including phenoxy) is 1. The molecule has 2 rings (SSSR count). The molecule has 2 atom stereocenters. The zero-order valence-corrected chi connectivity index (χ0v) is 11.5. The lowest BCUT2D eigenvalue weighted by molar-refractivity contribution is -0.237. The first kappa shape index (κ1) is 14.0. The summed E-state index contributed by atoms with van der Waals surface area (Å²) in [7, 11) is 0. The molecule has 106 valence electrons. The van der Waals surface area contributed by atoms with Gasteiger partial charge in [-0.1, -0.05) is 19.0 Å². The first-order chi connectivity index (χ1) is 8.90. The van der Waals surface area contributed by atoms with E-state index in [9.17, 15) is 9.90 Å². The Hall–Kier alpha value is -1.40. The van der Waals surface area contributed by atoms with Gasteiger partial charge in [-0.05, 0) is 6.92 Å². The van der Waals surface area contributed by atoms with E-state index in [0.29, 0.717) is 13.0 Å². The van der Waals surface area contributed by atoms with Crippen molar-refractivity contribution < 1.29 is 19.2 Å². The first-order valence-electron chi connectivity index (χ1n) is 6.43. The highest BCUT2D eigenvalue weighted by molar-refractivity contribution is 5.92. The van der Waals surface area contributed by atoms with Gasteiger partial charge in [0.2, 0.25) is 0 Å². The van der Waals surface area contributed by atoms with Gasteiger partial charge in [-0.3, -0.25) is 4.79 Å². The second-order valence-electron chi connectivity index (χ2n) is 5.47. The molecule has 1 aliphatic carbocycles. The molecule has 1 amide bonds. The van der Waals surface area contributed by atoms with Gasteiger partial charge in [-0.15, -0.1) is 0 Å². The standard InChI is InChI=1S/C13H20N2O4/c1-4-18-10-7-13(17,12(10,2)3)8-14-11(16)9-5-6-19-15-9/h5-6,10,17H,4,7-8H2,1-3H3,(H,14,16)/t10-,13-/m1/s1. The number of hydrogen-bond acceptors (Lipinski definition) is 5. The monoisotopic (exact) mass is 268 g/mol. The van der Waals surface area contributed by atoms with Crippen molar-refractivity contribution in [1.82, 2.24) is 10.5 Å². The summed E-state index contributed by atoms with van der Waals surface area (Å²) in [6, 6.07) is 1.48. The van der Waals surface area contributed by atoms with Crippen LogP contribution in [-0.4, -0.2) is 41.0 Å². The van der Waals surface area contributed by atoms with Gasteiger partial charge in [0.1, 0.15) is 6.26 Å². The van der Waals surface area contributed by atoms with Gasteiger partial charge in [0.25, 0.3) is 5.91 Å². The van der Waals surface area contributed by atoms with Crippen molar-refractivity contribution in [2.45, 2.75) is 38.9 Å². The summed E-state index contributed by atoms with van der Waals surface area (Å²) in [6.07, 6.45) is 1.88. The lowest BCUT2D eigenvalue weighted by atomic mass is 9.56. The van der Waals surface area contributed by atoms with E-state index < -0.39 is 5.60 Å². The molecule has 0 aromatic carbocycles. The predicted octanol–water partition coefficient (Wildman–Crippen LogP) is 0.970. The maximum atomic E-state index is 11.7. The maximum Gasteiger partial charge on any atom is 0.273 e. The molecule has 0 spiro atoms. The van der Waals surface area contributed by atoms with Gasteiger partial charge >= 0.3 is 0 Å². The lowest BCUT2D eigenvalue weighted by Crippen LogP contribution is -2.68. The Kier molecular flexibility index (Phi) is 3.64. The predicted molar refractivity (Wildman–Crippen MR) is 67.6 cm³/mol. The molecule has 1 aromatic heterocycles. The molecular weight excluding hydrogens is 248 g/mol. The Morgan fingerprint density at radius 2 is 2.42 bits per heavy atom. The van der Waals surface area contributed by atoms with Crippen molar-refractivity contribution in [2.24, 2.45) is 5.41 Å². The number of hydrogen-bond donors (Lipinski definition) is 2. The van der Waals surface area contributed by atoms with E-state index in [0.717, 1.165) is 0 Å². The van der Waals surface area contributed by atoms with Gasteiger partial charge in [-0.25, -0.2) is 0 Å². The van der Waals surface area contributed by atoms with Crippen LogP contribution in [-0.2, 0) is 4.74 Å². The molecule has 0 saturated heterocycles. The molecule has 19 heavy (non-hydrogen) atoms. The molecule has 1 aliphatic rings. The number of nitrogens with one attached hydrogen (secondary N) is 1. The zero-order valence-electron chi connectivity index (χ0n) is 11.5. The summed E-state index contributed by atoms with van der Waals surface area (Å²) >= 11 is 0. The average molecular weight is 268 g/mol. The summed E-state index contributed by atoms with van der Waals surface area (Å²) in [5.41, 5.74) is -1.13. The molecular formula is C13H20N2O4. The molecule has 1 heterocycles. The van der Waals surface area contributed by atoms with Crippen LogP contribution in [0.1, 0.15) is 37.7 Å². The van der Waals surface area contributed by atoms with Crippen LogP contribution in [0.15, 0.2) is 16.9 Å². The van der Waals surface area contributed by atoms with Crippen LogP contribution in [0.4, 0.5) is 0 Å². The fourth-order valence-electron chi connectivity index (χ4n) is 2.41. The third-order valence-corrected chi connectivity index (χ3v) is 4.11. The molecule has 6 nitrogen and oxygen atoms in total. The van der Waals surface area contributed by atoms with Crippen LogP contribution >= 0.6 is 0 Å². The zero-order chi connectivity index (χ0) is 14.1. The van der Waals surface area contributed by atoms with Crippen molar-refractivity contribution in [1.29, 1.82) is 0 Å². The van der Waals surface area contributed by atoms with Crippen molar-refractivity contribution in [2.75, 3.05) is 13.2 Å². The number of nitrogens with zero attached hydrogens (tertiary/aromatic N) is 1. The minimum atomic E-state index is -0.952. The Morgan fingerprint density at radius 1 is 1.68 bits per heavy atom. The van der Waals surface area contributed by atoms with Crippen LogP contribution < -0.4 is 5.32 Å². The number of aliphatic hydroxyl groups is 1. The molecule has 1 saturated carbocycles.